The molecular formula is C7H12F2O. The van der Waals surface area contributed by atoms with Gasteiger partial charge < -0.3 is 4.74 Å². The normalized spacial score (nSPS) is 21.6. The minimum Gasteiger partial charge on any atom is -0.369 e. The van der Waals surface area contributed by atoms with Crippen LogP contribution in [-0.2, 0) is 4.74 Å². The van der Waals surface area contributed by atoms with Crippen molar-refractivity contribution in [2.24, 2.45) is 0 Å². The second-order valence-electron chi connectivity index (χ2n) is 2.74. The van der Waals surface area contributed by atoms with Crippen molar-refractivity contribution in [3.8, 4) is 0 Å². The SMILES string of the molecule is CCC1(OCC(F)F)CC1. The molecule has 0 amide bonds. The summed E-state index contributed by atoms with van der Waals surface area (Å²) in [6.45, 7) is 1.58. The molecule has 0 aliphatic heterocycles. The molecule has 1 fully saturated rings. The molecule has 0 aromatic heterocycles. The van der Waals surface area contributed by atoms with Gasteiger partial charge in [0, 0.05) is 0 Å². The van der Waals surface area contributed by atoms with Gasteiger partial charge >= 0.3 is 0 Å². The lowest BCUT2D eigenvalue weighted by Crippen LogP contribution is -2.17. The first-order valence-corrected chi connectivity index (χ1v) is 3.61. The van der Waals surface area contributed by atoms with Crippen LogP contribution in [0.4, 0.5) is 8.78 Å². The van der Waals surface area contributed by atoms with Gasteiger partial charge in [-0.2, -0.15) is 0 Å². The first-order chi connectivity index (χ1) is 4.68. The van der Waals surface area contributed by atoms with Gasteiger partial charge in [0.05, 0.1) is 5.60 Å². The van der Waals surface area contributed by atoms with E-state index in [-0.39, 0.29) is 5.60 Å². The Morgan fingerprint density at radius 1 is 1.50 bits per heavy atom. The quantitative estimate of drug-likeness (QED) is 0.597. The molecule has 10 heavy (non-hydrogen) atoms. The minimum absolute atomic E-state index is 0.156. The van der Waals surface area contributed by atoms with Gasteiger partial charge in [-0.05, 0) is 19.3 Å². The molecule has 0 atom stereocenters. The number of halogens is 2. The molecule has 1 nitrogen and oxygen atoms in total. The molecule has 0 spiro atoms. The van der Waals surface area contributed by atoms with Crippen molar-refractivity contribution in [2.75, 3.05) is 6.61 Å². The van der Waals surface area contributed by atoms with Gasteiger partial charge in [-0.1, -0.05) is 6.92 Å². The maximum absolute atomic E-state index is 11.6. The first kappa shape index (κ1) is 7.92. The molecule has 0 aromatic rings. The lowest BCUT2D eigenvalue weighted by molar-refractivity contribution is -0.0385. The fourth-order valence-electron chi connectivity index (χ4n) is 0.979. The highest BCUT2D eigenvalue weighted by Crippen LogP contribution is 2.42. The van der Waals surface area contributed by atoms with Gasteiger partial charge in [-0.25, -0.2) is 8.78 Å². The third kappa shape index (κ3) is 1.90. The van der Waals surface area contributed by atoms with Gasteiger partial charge in [0.2, 0.25) is 0 Å². The lowest BCUT2D eigenvalue weighted by Gasteiger charge is -2.12. The molecule has 1 aliphatic rings. The Labute approximate surface area is 59.4 Å². The Morgan fingerprint density at radius 3 is 2.40 bits per heavy atom. The number of alkyl halides is 2. The largest absolute Gasteiger partial charge is 0.369 e. The summed E-state index contributed by atoms with van der Waals surface area (Å²) in [7, 11) is 0. The molecule has 0 bridgehead atoms. The Morgan fingerprint density at radius 2 is 2.10 bits per heavy atom. The third-order valence-electron chi connectivity index (χ3n) is 1.97. The van der Waals surface area contributed by atoms with E-state index in [1.54, 1.807) is 0 Å². The zero-order chi connectivity index (χ0) is 7.61. The maximum Gasteiger partial charge on any atom is 0.261 e. The number of ether oxygens (including phenoxy) is 1. The van der Waals surface area contributed by atoms with Crippen LogP contribution in [0.3, 0.4) is 0 Å². The monoisotopic (exact) mass is 150 g/mol. The van der Waals surface area contributed by atoms with Gasteiger partial charge in [0.1, 0.15) is 6.61 Å². The Balaban J connectivity index is 2.13. The average molecular weight is 150 g/mol. The topological polar surface area (TPSA) is 9.23 Å². The van der Waals surface area contributed by atoms with E-state index in [9.17, 15) is 8.78 Å². The van der Waals surface area contributed by atoms with Crippen LogP contribution in [0.5, 0.6) is 0 Å². The van der Waals surface area contributed by atoms with Crippen LogP contribution < -0.4 is 0 Å². The molecule has 3 heteroatoms. The lowest BCUT2D eigenvalue weighted by atomic mass is 10.2. The molecule has 0 unspecified atom stereocenters. The van der Waals surface area contributed by atoms with Gasteiger partial charge in [-0.3, -0.25) is 0 Å². The molecule has 1 saturated carbocycles. The summed E-state index contributed by atoms with van der Waals surface area (Å²) in [6.07, 6.45) is 0.454. The van der Waals surface area contributed by atoms with E-state index in [1.165, 1.54) is 0 Å². The van der Waals surface area contributed by atoms with E-state index >= 15 is 0 Å². The van der Waals surface area contributed by atoms with Crippen LogP contribution >= 0.6 is 0 Å². The maximum atomic E-state index is 11.6. The van der Waals surface area contributed by atoms with Crippen molar-refractivity contribution < 1.29 is 13.5 Å². The Bertz CT molecular complexity index is 110. The third-order valence-corrected chi connectivity index (χ3v) is 1.97. The smallest absolute Gasteiger partial charge is 0.261 e. The highest BCUT2D eigenvalue weighted by molar-refractivity contribution is 4.94. The van der Waals surface area contributed by atoms with Gasteiger partial charge in [0.25, 0.3) is 6.43 Å². The predicted molar refractivity (Wildman–Crippen MR) is 34.2 cm³/mol. The van der Waals surface area contributed by atoms with E-state index < -0.39 is 13.0 Å². The van der Waals surface area contributed by atoms with Crippen molar-refractivity contribution in [1.29, 1.82) is 0 Å². The van der Waals surface area contributed by atoms with Crippen LogP contribution in [0.1, 0.15) is 26.2 Å². The summed E-state index contributed by atoms with van der Waals surface area (Å²) in [5, 5.41) is 0. The van der Waals surface area contributed by atoms with E-state index in [1.807, 2.05) is 6.92 Å². The second kappa shape index (κ2) is 2.82. The van der Waals surface area contributed by atoms with Crippen molar-refractivity contribution in [3.05, 3.63) is 0 Å². The molecule has 60 valence electrons. The van der Waals surface area contributed by atoms with Gasteiger partial charge in [0.15, 0.2) is 0 Å². The molecule has 0 aromatic carbocycles. The van der Waals surface area contributed by atoms with Gasteiger partial charge in [-0.15, -0.1) is 0 Å². The van der Waals surface area contributed by atoms with Crippen LogP contribution in [0.15, 0.2) is 0 Å². The highest BCUT2D eigenvalue weighted by Gasteiger charge is 2.42. The Hall–Kier alpha value is -0.180. The summed E-state index contributed by atoms with van der Waals surface area (Å²) >= 11 is 0. The van der Waals surface area contributed by atoms with E-state index in [2.05, 4.69) is 0 Å². The molecule has 0 N–H and O–H groups in total. The second-order valence-corrected chi connectivity index (χ2v) is 2.74. The van der Waals surface area contributed by atoms with E-state index in [0.717, 1.165) is 19.3 Å². The number of hydrogen-bond acceptors (Lipinski definition) is 1. The molecule has 0 heterocycles. The average Bonchev–Trinajstić information content (AvgIpc) is 2.64. The van der Waals surface area contributed by atoms with Crippen molar-refractivity contribution in [1.82, 2.24) is 0 Å². The molecule has 1 rings (SSSR count). The standard InChI is InChI=1S/C7H12F2O/c1-2-7(3-4-7)10-5-6(8)9/h6H,2-5H2,1H3. The van der Waals surface area contributed by atoms with Crippen LogP contribution in [0.2, 0.25) is 0 Å². The predicted octanol–water partition coefficient (Wildman–Crippen LogP) is 2.21. The van der Waals surface area contributed by atoms with Crippen molar-refractivity contribution in [3.63, 3.8) is 0 Å². The number of hydrogen-bond donors (Lipinski definition) is 0. The van der Waals surface area contributed by atoms with E-state index in [0.29, 0.717) is 0 Å². The highest BCUT2D eigenvalue weighted by atomic mass is 19.3. The fourth-order valence-corrected chi connectivity index (χ4v) is 0.979. The zero-order valence-electron chi connectivity index (χ0n) is 6.07. The molecule has 1 aliphatic carbocycles. The van der Waals surface area contributed by atoms with Crippen molar-refractivity contribution >= 4 is 0 Å². The van der Waals surface area contributed by atoms with Crippen LogP contribution in [-0.4, -0.2) is 18.6 Å². The van der Waals surface area contributed by atoms with Crippen LogP contribution in [0, 0.1) is 0 Å². The van der Waals surface area contributed by atoms with Crippen LogP contribution in [0.25, 0.3) is 0 Å². The summed E-state index contributed by atoms with van der Waals surface area (Å²) in [6, 6.07) is 0. The fraction of sp³-hybridized carbons (Fsp3) is 1.00. The number of rotatable bonds is 4. The zero-order valence-corrected chi connectivity index (χ0v) is 6.07. The minimum atomic E-state index is -2.32. The summed E-state index contributed by atoms with van der Waals surface area (Å²) in [4.78, 5) is 0. The summed E-state index contributed by atoms with van der Waals surface area (Å²) in [5.74, 6) is 0. The van der Waals surface area contributed by atoms with Crippen molar-refractivity contribution in [2.45, 2.75) is 38.2 Å². The molecule has 0 saturated heterocycles. The molecule has 0 radical (unpaired) electrons. The Kier molecular flexibility index (Phi) is 2.24. The molecular weight excluding hydrogens is 138 g/mol. The summed E-state index contributed by atoms with van der Waals surface area (Å²) in [5.41, 5.74) is -0.156. The first-order valence-electron chi connectivity index (χ1n) is 3.61. The van der Waals surface area contributed by atoms with E-state index in [4.69, 9.17) is 4.74 Å². The summed E-state index contributed by atoms with van der Waals surface area (Å²) < 4.78 is 28.2.